The molecule has 0 fully saturated rings. The molecular formula is C14H16ClNO2S. The molecule has 0 aliphatic carbocycles. The van der Waals surface area contributed by atoms with Crippen LogP contribution in [0, 0.1) is 6.92 Å². The van der Waals surface area contributed by atoms with E-state index in [2.05, 4.69) is 5.32 Å². The number of nitrogens with one attached hydrogen (secondary N) is 1. The van der Waals surface area contributed by atoms with Crippen LogP contribution in [0.1, 0.15) is 21.7 Å². The second-order valence-corrected chi connectivity index (χ2v) is 5.78. The van der Waals surface area contributed by atoms with Gasteiger partial charge in [-0.2, -0.15) is 0 Å². The van der Waals surface area contributed by atoms with Gasteiger partial charge < -0.3 is 10.1 Å². The summed E-state index contributed by atoms with van der Waals surface area (Å²) in [6.07, 6.45) is 0.795. The summed E-state index contributed by atoms with van der Waals surface area (Å²) >= 11 is 7.70. The van der Waals surface area contributed by atoms with Gasteiger partial charge in [0.1, 0.15) is 4.88 Å². The lowest BCUT2D eigenvalue weighted by Crippen LogP contribution is -2.24. The number of amides is 1. The van der Waals surface area contributed by atoms with Crippen LogP contribution in [-0.4, -0.2) is 26.2 Å². The third-order valence-electron chi connectivity index (χ3n) is 2.80. The maximum Gasteiger partial charge on any atom is 0.262 e. The molecule has 0 radical (unpaired) electrons. The number of hydrogen-bond donors (Lipinski definition) is 1. The fourth-order valence-corrected chi connectivity index (χ4v) is 3.35. The summed E-state index contributed by atoms with van der Waals surface area (Å²) in [6.45, 7) is 3.26. The lowest BCUT2D eigenvalue weighted by molar-refractivity contribution is 0.0953. The first-order valence-electron chi connectivity index (χ1n) is 6.09. The molecule has 0 aliphatic heterocycles. The Labute approximate surface area is 121 Å². The Kier molecular flexibility index (Phi) is 4.80. The molecule has 2 aromatic rings. The molecule has 0 bridgehead atoms. The highest BCUT2D eigenvalue weighted by Gasteiger charge is 2.16. The normalized spacial score (nSPS) is 10.9. The molecule has 0 saturated heterocycles. The fourth-order valence-electron chi connectivity index (χ4n) is 1.82. The summed E-state index contributed by atoms with van der Waals surface area (Å²) in [4.78, 5) is 12.6. The van der Waals surface area contributed by atoms with Crippen molar-refractivity contribution >= 4 is 38.9 Å². The Hall–Kier alpha value is -1.10. The van der Waals surface area contributed by atoms with Gasteiger partial charge in [0.15, 0.2) is 0 Å². The van der Waals surface area contributed by atoms with Gasteiger partial charge in [0.2, 0.25) is 0 Å². The Morgan fingerprint density at radius 3 is 3.00 bits per heavy atom. The van der Waals surface area contributed by atoms with Crippen molar-refractivity contribution in [2.75, 3.05) is 20.3 Å². The lowest BCUT2D eigenvalue weighted by atomic mass is 10.2. The van der Waals surface area contributed by atoms with Crippen molar-refractivity contribution in [2.24, 2.45) is 0 Å². The van der Waals surface area contributed by atoms with Crippen molar-refractivity contribution in [3.63, 3.8) is 0 Å². The molecule has 1 aromatic heterocycles. The highest BCUT2D eigenvalue weighted by Crippen LogP contribution is 2.35. The maximum absolute atomic E-state index is 12.1. The van der Waals surface area contributed by atoms with Gasteiger partial charge in [0.05, 0.1) is 5.02 Å². The van der Waals surface area contributed by atoms with E-state index in [4.69, 9.17) is 16.3 Å². The molecule has 0 atom stereocenters. The number of methoxy groups -OCH3 is 1. The summed E-state index contributed by atoms with van der Waals surface area (Å²) in [5, 5.41) is 4.35. The molecule has 2 rings (SSSR count). The predicted molar refractivity (Wildman–Crippen MR) is 80.4 cm³/mol. The van der Waals surface area contributed by atoms with Gasteiger partial charge in [-0.05, 0) is 25.0 Å². The molecule has 0 aliphatic rings. The van der Waals surface area contributed by atoms with E-state index in [-0.39, 0.29) is 5.91 Å². The third kappa shape index (κ3) is 3.26. The smallest absolute Gasteiger partial charge is 0.262 e. The first-order valence-corrected chi connectivity index (χ1v) is 7.28. The molecule has 5 heteroatoms. The topological polar surface area (TPSA) is 38.3 Å². The average Bonchev–Trinajstić information content (AvgIpc) is 2.71. The van der Waals surface area contributed by atoms with E-state index in [0.29, 0.717) is 23.1 Å². The number of fused-ring (bicyclic) bond motifs is 1. The van der Waals surface area contributed by atoms with Crippen LogP contribution in [0.5, 0.6) is 0 Å². The standard InChI is InChI=1S/C14H16ClNO2S/c1-9-4-5-10-11(8-9)19-13(12(10)15)14(17)16-6-3-7-18-2/h4-5,8H,3,6-7H2,1-2H3,(H,16,17). The van der Waals surface area contributed by atoms with E-state index in [1.54, 1.807) is 7.11 Å². The van der Waals surface area contributed by atoms with Crippen molar-refractivity contribution in [3.8, 4) is 0 Å². The minimum Gasteiger partial charge on any atom is -0.385 e. The number of aryl methyl sites for hydroxylation is 1. The number of benzene rings is 1. The van der Waals surface area contributed by atoms with Gasteiger partial charge in [0, 0.05) is 30.3 Å². The lowest BCUT2D eigenvalue weighted by Gasteiger charge is -2.03. The second kappa shape index (κ2) is 6.37. The number of halogens is 1. The molecule has 1 heterocycles. The predicted octanol–water partition coefficient (Wildman–Crippen LogP) is 3.63. The van der Waals surface area contributed by atoms with Crippen LogP contribution in [0.25, 0.3) is 10.1 Å². The number of rotatable bonds is 5. The van der Waals surface area contributed by atoms with E-state index in [0.717, 1.165) is 22.1 Å². The van der Waals surface area contributed by atoms with Crippen LogP contribution >= 0.6 is 22.9 Å². The van der Waals surface area contributed by atoms with Crippen molar-refractivity contribution in [3.05, 3.63) is 33.7 Å². The molecule has 102 valence electrons. The van der Waals surface area contributed by atoms with E-state index in [9.17, 15) is 4.79 Å². The van der Waals surface area contributed by atoms with E-state index >= 15 is 0 Å². The third-order valence-corrected chi connectivity index (χ3v) is 4.46. The summed E-state index contributed by atoms with van der Waals surface area (Å²) < 4.78 is 5.99. The number of thiophene rings is 1. The van der Waals surface area contributed by atoms with Crippen LogP contribution < -0.4 is 5.32 Å². The minimum atomic E-state index is -0.111. The van der Waals surface area contributed by atoms with Crippen molar-refractivity contribution in [1.82, 2.24) is 5.32 Å². The van der Waals surface area contributed by atoms with Gasteiger partial charge in [-0.25, -0.2) is 0 Å². The zero-order valence-corrected chi connectivity index (χ0v) is 12.5. The molecule has 0 saturated carbocycles. The zero-order valence-electron chi connectivity index (χ0n) is 11.0. The molecule has 0 unspecified atom stereocenters. The molecule has 1 N–H and O–H groups in total. The summed E-state index contributed by atoms with van der Waals surface area (Å²) in [5.74, 6) is -0.111. The van der Waals surface area contributed by atoms with Crippen molar-refractivity contribution in [1.29, 1.82) is 0 Å². The summed E-state index contributed by atoms with van der Waals surface area (Å²) in [5.41, 5.74) is 1.16. The average molecular weight is 298 g/mol. The van der Waals surface area contributed by atoms with Gasteiger partial charge in [0.25, 0.3) is 5.91 Å². The summed E-state index contributed by atoms with van der Waals surface area (Å²) in [7, 11) is 1.65. The quantitative estimate of drug-likeness (QED) is 0.856. The second-order valence-electron chi connectivity index (χ2n) is 4.35. The van der Waals surface area contributed by atoms with Gasteiger partial charge in [-0.3, -0.25) is 4.79 Å². The van der Waals surface area contributed by atoms with Crippen molar-refractivity contribution in [2.45, 2.75) is 13.3 Å². The molecule has 3 nitrogen and oxygen atoms in total. The maximum atomic E-state index is 12.1. The molecular weight excluding hydrogens is 282 g/mol. The molecule has 1 aromatic carbocycles. The van der Waals surface area contributed by atoms with Crippen molar-refractivity contribution < 1.29 is 9.53 Å². The van der Waals surface area contributed by atoms with Crippen LogP contribution in [0.15, 0.2) is 18.2 Å². The van der Waals surface area contributed by atoms with Gasteiger partial charge in [-0.1, -0.05) is 23.7 Å². The summed E-state index contributed by atoms with van der Waals surface area (Å²) in [6, 6.07) is 6.01. The van der Waals surface area contributed by atoms with Gasteiger partial charge in [-0.15, -0.1) is 11.3 Å². The largest absolute Gasteiger partial charge is 0.385 e. The minimum absolute atomic E-state index is 0.111. The fraction of sp³-hybridized carbons (Fsp3) is 0.357. The number of carbonyl (C=O) groups excluding carboxylic acids is 1. The molecule has 19 heavy (non-hydrogen) atoms. The highest BCUT2D eigenvalue weighted by molar-refractivity contribution is 7.21. The van der Waals surface area contributed by atoms with E-state index in [1.165, 1.54) is 11.3 Å². The van der Waals surface area contributed by atoms with Crippen LogP contribution in [0.3, 0.4) is 0 Å². The van der Waals surface area contributed by atoms with Crippen LogP contribution in [0.4, 0.5) is 0 Å². The Morgan fingerprint density at radius 1 is 1.47 bits per heavy atom. The van der Waals surface area contributed by atoms with Crippen LogP contribution in [-0.2, 0) is 4.74 Å². The van der Waals surface area contributed by atoms with E-state index < -0.39 is 0 Å². The highest BCUT2D eigenvalue weighted by atomic mass is 35.5. The SMILES string of the molecule is COCCCNC(=O)c1sc2cc(C)ccc2c1Cl. The number of carbonyl (C=O) groups is 1. The number of ether oxygens (including phenoxy) is 1. The zero-order chi connectivity index (χ0) is 13.8. The molecule has 1 amide bonds. The first kappa shape index (κ1) is 14.3. The Bertz CT molecular complexity index is 594. The monoisotopic (exact) mass is 297 g/mol. The first-order chi connectivity index (χ1) is 9.13. The Morgan fingerprint density at radius 2 is 2.26 bits per heavy atom. The van der Waals surface area contributed by atoms with Crippen LogP contribution in [0.2, 0.25) is 5.02 Å². The number of hydrogen-bond acceptors (Lipinski definition) is 3. The Balaban J connectivity index is 2.15. The van der Waals surface area contributed by atoms with E-state index in [1.807, 2.05) is 25.1 Å². The molecule has 0 spiro atoms. The van der Waals surface area contributed by atoms with Gasteiger partial charge >= 0.3 is 0 Å².